The van der Waals surface area contributed by atoms with E-state index in [0.717, 1.165) is 40.5 Å². The van der Waals surface area contributed by atoms with Crippen molar-refractivity contribution in [2.45, 2.75) is 48.7 Å². The third kappa shape index (κ3) is 4.24. The summed E-state index contributed by atoms with van der Waals surface area (Å²) in [4.78, 5) is 18.6. The van der Waals surface area contributed by atoms with Gasteiger partial charge in [0.05, 0.1) is 10.8 Å². The molecule has 3 heterocycles. The van der Waals surface area contributed by atoms with Gasteiger partial charge in [-0.3, -0.25) is 9.69 Å². The Morgan fingerprint density at radius 1 is 0.973 bits per heavy atom. The van der Waals surface area contributed by atoms with Crippen LogP contribution in [0.25, 0.3) is 0 Å². The highest BCUT2D eigenvalue weighted by Gasteiger charge is 2.65. The van der Waals surface area contributed by atoms with Crippen LogP contribution in [0.4, 0.5) is 0 Å². The summed E-state index contributed by atoms with van der Waals surface area (Å²) in [6.07, 6.45) is 1.90. The molecule has 0 bridgehead atoms. The van der Waals surface area contributed by atoms with E-state index >= 15 is 0 Å². The van der Waals surface area contributed by atoms with E-state index in [-0.39, 0.29) is 35.3 Å². The molecule has 6 rings (SSSR count). The molecule has 0 saturated carbocycles. The molecule has 0 radical (unpaired) electrons. The van der Waals surface area contributed by atoms with Crippen LogP contribution < -0.4 is 0 Å². The van der Waals surface area contributed by atoms with E-state index in [1.165, 1.54) is 0 Å². The molecular weight excluding hydrogens is 572 g/mol. The van der Waals surface area contributed by atoms with Crippen molar-refractivity contribution in [2.75, 3.05) is 6.54 Å². The fourth-order valence-corrected chi connectivity index (χ4v) is 9.14. The average Bonchev–Trinajstić information content (AvgIpc) is 3.54. The molecule has 3 fully saturated rings. The second-order valence-electron chi connectivity index (χ2n) is 10.4. The molecule has 192 valence electrons. The quantitative estimate of drug-likeness (QED) is 0.361. The Morgan fingerprint density at radius 3 is 2.32 bits per heavy atom. The molecule has 37 heavy (non-hydrogen) atoms. The number of halogens is 2. The van der Waals surface area contributed by atoms with Crippen molar-refractivity contribution in [3.05, 3.63) is 99.0 Å². The van der Waals surface area contributed by atoms with E-state index in [1.807, 2.05) is 43.3 Å². The van der Waals surface area contributed by atoms with Crippen LogP contribution in [0, 0.1) is 18.8 Å². The number of nitrogens with zero attached hydrogens (tertiary/aromatic N) is 2. The Balaban J connectivity index is 1.48. The predicted molar refractivity (Wildman–Crippen MR) is 148 cm³/mol. The summed E-state index contributed by atoms with van der Waals surface area (Å²) >= 11 is 9.62. The van der Waals surface area contributed by atoms with Crippen molar-refractivity contribution >= 4 is 43.3 Å². The Hall–Kier alpha value is -2.19. The highest BCUT2D eigenvalue weighted by Crippen LogP contribution is 2.56. The van der Waals surface area contributed by atoms with Gasteiger partial charge in [0.2, 0.25) is 5.91 Å². The van der Waals surface area contributed by atoms with Gasteiger partial charge in [-0.05, 0) is 73.8 Å². The number of hydrogen-bond acceptors (Lipinski definition) is 4. The maximum atomic E-state index is 14.3. The molecule has 5 nitrogen and oxygen atoms in total. The van der Waals surface area contributed by atoms with E-state index in [9.17, 15) is 13.2 Å². The first-order chi connectivity index (χ1) is 17.8. The van der Waals surface area contributed by atoms with Crippen molar-refractivity contribution in [3.63, 3.8) is 0 Å². The first-order valence-electron chi connectivity index (χ1n) is 12.6. The van der Waals surface area contributed by atoms with Gasteiger partial charge in [0.1, 0.15) is 5.37 Å². The number of carbonyl (C=O) groups is 1. The Kier molecular flexibility index (Phi) is 6.46. The molecule has 3 aromatic carbocycles. The van der Waals surface area contributed by atoms with Crippen LogP contribution in [-0.4, -0.2) is 42.1 Å². The normalized spacial score (nSPS) is 27.5. The minimum atomic E-state index is -3.83. The van der Waals surface area contributed by atoms with Gasteiger partial charge < -0.3 is 4.90 Å². The van der Waals surface area contributed by atoms with Crippen molar-refractivity contribution in [1.82, 2.24) is 9.80 Å². The van der Waals surface area contributed by atoms with Gasteiger partial charge in [0.15, 0.2) is 9.84 Å². The van der Waals surface area contributed by atoms with Gasteiger partial charge in [-0.2, -0.15) is 0 Å². The van der Waals surface area contributed by atoms with Crippen LogP contribution in [0.2, 0.25) is 5.02 Å². The number of rotatable bonds is 5. The van der Waals surface area contributed by atoms with Crippen LogP contribution in [0.3, 0.4) is 0 Å². The monoisotopic (exact) mass is 598 g/mol. The fraction of sp³-hybridized carbons (Fsp3) is 0.345. The van der Waals surface area contributed by atoms with Crippen LogP contribution in [0.15, 0.2) is 82.2 Å². The standard InChI is InChI=1S/C29H28BrClN2O3S/c1-18-4-14-23(15-5-18)37(35,36)29-25-24-3-2-16-32(24)27(20-8-10-21(30)11-9-20)26(25)28(34)33(29)17-19-6-12-22(31)13-7-19/h4-15,24-27,29H,2-3,16-17H2,1H3/t24-,25-,26-,27-,29+/m0/s1. The van der Waals surface area contributed by atoms with Crippen molar-refractivity contribution in [2.24, 2.45) is 11.8 Å². The lowest BCUT2D eigenvalue weighted by Crippen LogP contribution is -2.45. The molecule has 8 heteroatoms. The number of sulfone groups is 1. The molecule has 5 atom stereocenters. The predicted octanol–water partition coefficient (Wildman–Crippen LogP) is 6.00. The number of carbonyl (C=O) groups excluding carboxylic acids is 1. The SMILES string of the molecule is Cc1ccc(S(=O)(=O)[C@@H]2[C@@H]3[C@H](C(=O)N2Cc2ccc(Cl)cc2)[C@H](c2ccc(Br)cc2)N2CCC[C@@H]32)cc1. The van der Waals surface area contributed by atoms with Crippen molar-refractivity contribution in [3.8, 4) is 0 Å². The molecule has 0 unspecified atom stereocenters. The van der Waals surface area contributed by atoms with Crippen LogP contribution in [-0.2, 0) is 21.2 Å². The maximum Gasteiger partial charge on any atom is 0.229 e. The zero-order valence-electron chi connectivity index (χ0n) is 20.4. The summed E-state index contributed by atoms with van der Waals surface area (Å²) in [6.45, 7) is 3.05. The smallest absolute Gasteiger partial charge is 0.229 e. The third-order valence-corrected chi connectivity index (χ3v) is 11.2. The van der Waals surface area contributed by atoms with Gasteiger partial charge >= 0.3 is 0 Å². The van der Waals surface area contributed by atoms with E-state index in [4.69, 9.17) is 11.6 Å². The summed E-state index contributed by atoms with van der Waals surface area (Å²) in [5.41, 5.74) is 2.93. The van der Waals surface area contributed by atoms with Gasteiger partial charge in [-0.25, -0.2) is 8.42 Å². The number of aryl methyl sites for hydroxylation is 1. The number of likely N-dealkylation sites (tertiary alicyclic amines) is 1. The van der Waals surface area contributed by atoms with E-state index in [0.29, 0.717) is 5.02 Å². The number of fused-ring (bicyclic) bond motifs is 3. The number of benzene rings is 3. The number of amides is 1. The molecule has 3 aliphatic heterocycles. The maximum absolute atomic E-state index is 14.3. The van der Waals surface area contributed by atoms with Gasteiger partial charge in [0.25, 0.3) is 0 Å². The Morgan fingerprint density at radius 2 is 1.65 bits per heavy atom. The zero-order valence-corrected chi connectivity index (χ0v) is 23.6. The highest BCUT2D eigenvalue weighted by atomic mass is 79.9. The van der Waals surface area contributed by atoms with Crippen LogP contribution in [0.5, 0.6) is 0 Å². The van der Waals surface area contributed by atoms with Crippen molar-refractivity contribution in [1.29, 1.82) is 0 Å². The van der Waals surface area contributed by atoms with Gasteiger partial charge in [-0.1, -0.05) is 69.5 Å². The minimum absolute atomic E-state index is 0.0445. The molecule has 3 aliphatic rings. The van der Waals surface area contributed by atoms with Gasteiger partial charge in [-0.15, -0.1) is 0 Å². The Labute approximate surface area is 231 Å². The zero-order chi connectivity index (χ0) is 25.9. The summed E-state index contributed by atoms with van der Waals surface area (Å²) < 4.78 is 29.6. The first-order valence-corrected chi connectivity index (χ1v) is 15.3. The second kappa shape index (κ2) is 9.53. The first kappa shape index (κ1) is 25.1. The lowest BCUT2D eigenvalue weighted by atomic mass is 9.85. The molecule has 0 aromatic heterocycles. The number of hydrogen-bond donors (Lipinski definition) is 0. The molecule has 1 amide bonds. The molecule has 0 spiro atoms. The van der Waals surface area contributed by atoms with Crippen molar-refractivity contribution < 1.29 is 13.2 Å². The van der Waals surface area contributed by atoms with Gasteiger partial charge in [0, 0.05) is 34.0 Å². The lowest BCUT2D eigenvalue weighted by molar-refractivity contribution is -0.133. The highest BCUT2D eigenvalue weighted by molar-refractivity contribution is 9.10. The molecule has 3 aromatic rings. The molecular formula is C29H28BrClN2O3S. The van der Waals surface area contributed by atoms with E-state index < -0.39 is 21.1 Å². The topological polar surface area (TPSA) is 57.7 Å². The molecule has 0 aliphatic carbocycles. The van der Waals surface area contributed by atoms with Crippen LogP contribution >= 0.6 is 27.5 Å². The lowest BCUT2D eigenvalue weighted by Gasteiger charge is -2.33. The largest absolute Gasteiger partial charge is 0.320 e. The fourth-order valence-electron chi connectivity index (χ4n) is 6.68. The minimum Gasteiger partial charge on any atom is -0.320 e. The second-order valence-corrected chi connectivity index (χ2v) is 13.8. The summed E-state index contributed by atoms with van der Waals surface area (Å²) in [5.74, 6) is -0.797. The third-order valence-electron chi connectivity index (χ3n) is 8.25. The van der Waals surface area contributed by atoms with E-state index in [1.54, 1.807) is 29.2 Å². The summed E-state index contributed by atoms with van der Waals surface area (Å²) in [5, 5.41) is -0.316. The van der Waals surface area contributed by atoms with E-state index in [2.05, 4.69) is 33.0 Å². The summed E-state index contributed by atoms with van der Waals surface area (Å²) in [6, 6.07) is 22.3. The molecule has 0 N–H and O–H groups in total. The molecule has 3 saturated heterocycles. The Bertz CT molecular complexity index is 1430. The summed E-state index contributed by atoms with van der Waals surface area (Å²) in [7, 11) is -3.83. The van der Waals surface area contributed by atoms with Crippen LogP contribution in [0.1, 0.15) is 35.6 Å². The average molecular weight is 600 g/mol.